The maximum absolute atomic E-state index is 10.9. The van der Waals surface area contributed by atoms with Crippen molar-refractivity contribution < 1.29 is 9.90 Å². The molecule has 1 aromatic rings. The molecule has 0 spiro atoms. The minimum absolute atomic E-state index is 0.346. The van der Waals surface area contributed by atoms with Crippen LogP contribution in [0.1, 0.15) is 18.4 Å². The Labute approximate surface area is 94.0 Å². The first-order valence-electron chi connectivity index (χ1n) is 5.33. The Morgan fingerprint density at radius 3 is 2.75 bits per heavy atom. The molecule has 0 aliphatic carbocycles. The second-order valence-electron chi connectivity index (χ2n) is 3.86. The van der Waals surface area contributed by atoms with Gasteiger partial charge in [0, 0.05) is 12.1 Å². The lowest BCUT2D eigenvalue weighted by Crippen LogP contribution is -2.38. The maximum Gasteiger partial charge on any atom is 0.269 e. The molecule has 2 rings (SSSR count). The molecule has 1 heterocycles. The number of nitrogens with one attached hydrogen (secondary N) is 1. The lowest BCUT2D eigenvalue weighted by molar-refractivity contribution is -0.129. The smallest absolute Gasteiger partial charge is 0.269 e. The van der Waals surface area contributed by atoms with Crippen LogP contribution >= 0.6 is 0 Å². The first kappa shape index (κ1) is 10.8. The molecule has 0 saturated carbocycles. The number of rotatable bonds is 3. The Morgan fingerprint density at radius 1 is 1.31 bits per heavy atom. The monoisotopic (exact) mass is 218 g/mol. The number of hydrazone groups is 1. The van der Waals surface area contributed by atoms with Crippen molar-refractivity contribution in [2.45, 2.75) is 25.4 Å². The van der Waals surface area contributed by atoms with Crippen LogP contribution in [0.4, 0.5) is 0 Å². The van der Waals surface area contributed by atoms with Gasteiger partial charge in [-0.2, -0.15) is 5.10 Å². The zero-order valence-electron chi connectivity index (χ0n) is 8.89. The number of carbonyl (C=O) groups excluding carboxylic acids is 1. The zero-order chi connectivity index (χ0) is 11.4. The molecule has 1 aromatic carbocycles. The molecule has 1 atom stereocenters. The number of benzene rings is 1. The molecular weight excluding hydrogens is 204 g/mol. The highest BCUT2D eigenvalue weighted by Gasteiger charge is 2.21. The van der Waals surface area contributed by atoms with E-state index in [1.807, 2.05) is 18.2 Å². The Hall–Kier alpha value is -1.68. The van der Waals surface area contributed by atoms with E-state index in [1.54, 1.807) is 0 Å². The van der Waals surface area contributed by atoms with Crippen LogP contribution in [0.2, 0.25) is 0 Å². The highest BCUT2D eigenvalue weighted by molar-refractivity contribution is 5.95. The summed E-state index contributed by atoms with van der Waals surface area (Å²) < 4.78 is 0. The van der Waals surface area contributed by atoms with Crippen LogP contribution in [0.25, 0.3) is 0 Å². The molecule has 84 valence electrons. The van der Waals surface area contributed by atoms with E-state index in [0.29, 0.717) is 6.42 Å². The molecule has 4 nitrogen and oxygen atoms in total. The van der Waals surface area contributed by atoms with Crippen LogP contribution in [0.5, 0.6) is 0 Å². The van der Waals surface area contributed by atoms with Crippen molar-refractivity contribution in [3.05, 3.63) is 35.9 Å². The quantitative estimate of drug-likeness (QED) is 0.790. The van der Waals surface area contributed by atoms with E-state index in [1.165, 1.54) is 5.56 Å². The average molecular weight is 218 g/mol. The predicted molar refractivity (Wildman–Crippen MR) is 61.0 cm³/mol. The van der Waals surface area contributed by atoms with E-state index in [9.17, 15) is 9.90 Å². The number of carbonyl (C=O) groups is 1. The SMILES string of the molecule is O=C1NN=C(CCc2ccccc2)CC1O. The molecule has 0 saturated heterocycles. The summed E-state index contributed by atoms with van der Waals surface area (Å²) in [5.41, 5.74) is 4.39. The fraction of sp³-hybridized carbons (Fsp3) is 0.333. The summed E-state index contributed by atoms with van der Waals surface area (Å²) in [4.78, 5) is 10.9. The fourth-order valence-corrected chi connectivity index (χ4v) is 1.66. The second kappa shape index (κ2) is 4.90. The van der Waals surface area contributed by atoms with E-state index in [-0.39, 0.29) is 0 Å². The summed E-state index contributed by atoms with van der Waals surface area (Å²) in [6.45, 7) is 0. The number of amides is 1. The zero-order valence-corrected chi connectivity index (χ0v) is 8.89. The average Bonchev–Trinajstić information content (AvgIpc) is 2.32. The summed E-state index contributed by atoms with van der Waals surface area (Å²) in [5, 5.41) is 13.3. The maximum atomic E-state index is 10.9. The van der Waals surface area contributed by atoms with Crippen molar-refractivity contribution in [3.63, 3.8) is 0 Å². The van der Waals surface area contributed by atoms with Gasteiger partial charge in [0.25, 0.3) is 5.91 Å². The summed E-state index contributed by atoms with van der Waals surface area (Å²) in [5.74, 6) is -0.413. The van der Waals surface area contributed by atoms with E-state index >= 15 is 0 Å². The third-order valence-electron chi connectivity index (χ3n) is 2.60. The van der Waals surface area contributed by atoms with E-state index in [2.05, 4.69) is 22.7 Å². The highest BCUT2D eigenvalue weighted by Crippen LogP contribution is 2.09. The van der Waals surface area contributed by atoms with Crippen LogP contribution < -0.4 is 5.43 Å². The first-order chi connectivity index (χ1) is 7.75. The minimum atomic E-state index is -0.941. The van der Waals surface area contributed by atoms with Crippen LogP contribution in [-0.4, -0.2) is 22.8 Å². The molecule has 4 heteroatoms. The van der Waals surface area contributed by atoms with Crippen molar-refractivity contribution in [2.24, 2.45) is 5.10 Å². The summed E-state index contributed by atoms with van der Waals surface area (Å²) in [6.07, 6.45) is 1.05. The Balaban J connectivity index is 1.90. The Morgan fingerprint density at radius 2 is 2.06 bits per heavy atom. The first-order valence-corrected chi connectivity index (χ1v) is 5.33. The molecule has 16 heavy (non-hydrogen) atoms. The van der Waals surface area contributed by atoms with Gasteiger partial charge >= 0.3 is 0 Å². The van der Waals surface area contributed by atoms with Crippen molar-refractivity contribution >= 4 is 11.6 Å². The molecule has 1 aliphatic heterocycles. The highest BCUT2D eigenvalue weighted by atomic mass is 16.3. The lowest BCUT2D eigenvalue weighted by atomic mass is 10.0. The number of hydrogen-bond donors (Lipinski definition) is 2. The van der Waals surface area contributed by atoms with Crippen LogP contribution in [0.3, 0.4) is 0 Å². The largest absolute Gasteiger partial charge is 0.383 e. The normalized spacial score (nSPS) is 20.2. The van der Waals surface area contributed by atoms with Crippen molar-refractivity contribution in [1.29, 1.82) is 0 Å². The molecular formula is C12H14N2O2. The van der Waals surface area contributed by atoms with Gasteiger partial charge in [-0.25, -0.2) is 5.43 Å². The molecule has 1 amide bonds. The van der Waals surface area contributed by atoms with Crippen molar-refractivity contribution in [1.82, 2.24) is 5.43 Å². The number of aliphatic hydroxyl groups excluding tert-OH is 1. The van der Waals surface area contributed by atoms with Gasteiger partial charge in [0.05, 0.1) is 0 Å². The lowest BCUT2D eigenvalue weighted by Gasteiger charge is -2.16. The molecule has 1 aliphatic rings. The molecule has 1 unspecified atom stereocenters. The Bertz CT molecular complexity index is 401. The summed E-state index contributed by atoms with van der Waals surface area (Å²) in [6, 6.07) is 10.1. The molecule has 2 N–H and O–H groups in total. The van der Waals surface area contributed by atoms with Gasteiger partial charge in [0.1, 0.15) is 6.10 Å². The van der Waals surface area contributed by atoms with E-state index in [4.69, 9.17) is 0 Å². The topological polar surface area (TPSA) is 61.7 Å². The van der Waals surface area contributed by atoms with Crippen LogP contribution in [-0.2, 0) is 11.2 Å². The standard InChI is InChI=1S/C12H14N2O2/c15-11-8-10(13-14-12(11)16)7-6-9-4-2-1-3-5-9/h1-5,11,15H,6-8H2,(H,14,16). The summed E-state index contributed by atoms with van der Waals surface area (Å²) >= 11 is 0. The van der Waals surface area contributed by atoms with E-state index < -0.39 is 12.0 Å². The molecule has 0 aromatic heterocycles. The second-order valence-corrected chi connectivity index (χ2v) is 3.86. The van der Waals surface area contributed by atoms with Crippen LogP contribution in [0, 0.1) is 0 Å². The molecule has 0 radical (unpaired) electrons. The van der Waals surface area contributed by atoms with Gasteiger partial charge in [0.15, 0.2) is 0 Å². The summed E-state index contributed by atoms with van der Waals surface area (Å²) in [7, 11) is 0. The van der Waals surface area contributed by atoms with Gasteiger partial charge < -0.3 is 5.11 Å². The predicted octanol–water partition coefficient (Wildman–Crippen LogP) is 0.856. The Kier molecular flexibility index (Phi) is 3.31. The van der Waals surface area contributed by atoms with Gasteiger partial charge in [-0.3, -0.25) is 4.79 Å². The third kappa shape index (κ3) is 2.67. The van der Waals surface area contributed by atoms with E-state index in [0.717, 1.165) is 18.6 Å². The molecule has 0 bridgehead atoms. The van der Waals surface area contributed by atoms with Crippen molar-refractivity contribution in [2.75, 3.05) is 0 Å². The number of aryl methyl sites for hydroxylation is 1. The molecule has 0 fully saturated rings. The van der Waals surface area contributed by atoms with Crippen LogP contribution in [0.15, 0.2) is 35.4 Å². The minimum Gasteiger partial charge on any atom is -0.383 e. The number of nitrogens with zero attached hydrogens (tertiary/aromatic N) is 1. The van der Waals surface area contributed by atoms with Gasteiger partial charge in [-0.05, 0) is 18.4 Å². The fourth-order valence-electron chi connectivity index (χ4n) is 1.66. The number of hydrogen-bond acceptors (Lipinski definition) is 3. The van der Waals surface area contributed by atoms with Crippen molar-refractivity contribution in [3.8, 4) is 0 Å². The van der Waals surface area contributed by atoms with Gasteiger partial charge in [-0.1, -0.05) is 30.3 Å². The third-order valence-corrected chi connectivity index (χ3v) is 2.60. The van der Waals surface area contributed by atoms with Gasteiger partial charge in [-0.15, -0.1) is 0 Å². The van der Waals surface area contributed by atoms with Gasteiger partial charge in [0.2, 0.25) is 0 Å². The number of aliphatic hydroxyl groups is 1.